The number of benzene rings is 1. The summed E-state index contributed by atoms with van der Waals surface area (Å²) in [5.41, 5.74) is 3.20. The second-order valence-corrected chi connectivity index (χ2v) is 4.33. The van der Waals surface area contributed by atoms with E-state index in [0.717, 1.165) is 22.6 Å². The minimum atomic E-state index is -0.359. The zero-order valence-corrected chi connectivity index (χ0v) is 10.6. The number of imidazole rings is 1. The average molecular weight is 261 g/mol. The zero-order valence-electron chi connectivity index (χ0n) is 9.67. The summed E-state index contributed by atoms with van der Waals surface area (Å²) < 4.78 is 6.57. The number of aromatic amines is 1. The number of fused-ring (bicyclic) bond motifs is 1. The quantitative estimate of drug-likeness (QED) is 0.693. The molecule has 92 valence electrons. The van der Waals surface area contributed by atoms with E-state index >= 15 is 0 Å². The monoisotopic (exact) mass is 261 g/mol. The normalized spacial score (nSPS) is 11.2. The van der Waals surface area contributed by atoms with Crippen molar-refractivity contribution < 1.29 is 4.42 Å². The molecule has 0 radical (unpaired) electrons. The van der Waals surface area contributed by atoms with Crippen LogP contribution in [0.1, 0.15) is 5.82 Å². The van der Waals surface area contributed by atoms with Crippen LogP contribution in [0.2, 0.25) is 0 Å². The topological polar surface area (TPSA) is 63.8 Å². The van der Waals surface area contributed by atoms with Gasteiger partial charge in [-0.15, -0.1) is 0 Å². The van der Waals surface area contributed by atoms with Gasteiger partial charge in [-0.3, -0.25) is 4.57 Å². The van der Waals surface area contributed by atoms with Crippen molar-refractivity contribution in [2.24, 2.45) is 7.05 Å². The molecule has 0 atom stereocenters. The number of oxazole rings is 1. The number of hydrogen-bond acceptors (Lipinski definition) is 4. The van der Waals surface area contributed by atoms with Crippen molar-refractivity contribution in [1.82, 2.24) is 14.5 Å². The highest BCUT2D eigenvalue weighted by molar-refractivity contribution is 7.79. The minimum absolute atomic E-state index is 0.359. The van der Waals surface area contributed by atoms with E-state index in [-0.39, 0.29) is 5.76 Å². The van der Waals surface area contributed by atoms with Crippen LogP contribution in [0, 0.1) is 0 Å². The van der Waals surface area contributed by atoms with Crippen molar-refractivity contribution in [3.63, 3.8) is 0 Å². The van der Waals surface area contributed by atoms with E-state index in [1.54, 1.807) is 19.3 Å². The van der Waals surface area contributed by atoms with Gasteiger partial charge in [0.2, 0.25) is 0 Å². The Balaban J connectivity index is 2.18. The molecule has 2 aromatic heterocycles. The largest absolute Gasteiger partial charge is 0.419 e. The first-order valence-corrected chi connectivity index (χ1v) is 6.07. The maximum atomic E-state index is 11.4. The zero-order chi connectivity index (χ0) is 12.7. The van der Waals surface area contributed by atoms with Gasteiger partial charge in [-0.1, -0.05) is 0 Å². The van der Waals surface area contributed by atoms with Gasteiger partial charge < -0.3 is 9.40 Å². The van der Waals surface area contributed by atoms with Crippen LogP contribution in [0.25, 0.3) is 22.4 Å². The van der Waals surface area contributed by atoms with Crippen molar-refractivity contribution in [2.75, 3.05) is 0 Å². The molecule has 0 bridgehead atoms. The molecule has 1 aromatic carbocycles. The van der Waals surface area contributed by atoms with Crippen LogP contribution < -0.4 is 5.76 Å². The standard InChI is InChI=1S/C12H11N3O2S/c1-15-9-4-7(2-3-10(9)17-12(15)16)8-5-13-11(6-18)14-8/h2-5,18H,6H2,1H3,(H,13,14). The highest BCUT2D eigenvalue weighted by atomic mass is 32.1. The summed E-state index contributed by atoms with van der Waals surface area (Å²) in [7, 11) is 1.68. The summed E-state index contributed by atoms with van der Waals surface area (Å²) in [5, 5.41) is 0. The van der Waals surface area contributed by atoms with Crippen LogP contribution in [0.5, 0.6) is 0 Å². The third kappa shape index (κ3) is 1.65. The molecule has 0 spiro atoms. The molecule has 6 heteroatoms. The van der Waals surface area contributed by atoms with E-state index in [1.165, 1.54) is 4.57 Å². The van der Waals surface area contributed by atoms with E-state index < -0.39 is 0 Å². The number of nitrogens with one attached hydrogen (secondary N) is 1. The lowest BCUT2D eigenvalue weighted by Crippen LogP contribution is -2.08. The molecule has 3 aromatic rings. The Labute approximate surface area is 108 Å². The molecule has 5 nitrogen and oxygen atoms in total. The number of rotatable bonds is 2. The van der Waals surface area contributed by atoms with Gasteiger partial charge in [0.25, 0.3) is 0 Å². The molecule has 0 aliphatic rings. The molecule has 0 aliphatic carbocycles. The van der Waals surface area contributed by atoms with Crippen molar-refractivity contribution in [1.29, 1.82) is 0 Å². The molecule has 3 rings (SSSR count). The van der Waals surface area contributed by atoms with Gasteiger partial charge in [0.15, 0.2) is 5.58 Å². The fourth-order valence-electron chi connectivity index (χ4n) is 1.88. The minimum Gasteiger partial charge on any atom is -0.408 e. The SMILES string of the molecule is Cn1c(=O)oc2ccc(-c3cnc(CS)[nH]3)cc21. The van der Waals surface area contributed by atoms with Crippen molar-refractivity contribution in [3.05, 3.63) is 40.8 Å². The summed E-state index contributed by atoms with van der Waals surface area (Å²) >= 11 is 4.16. The molecule has 0 aliphatic heterocycles. The van der Waals surface area contributed by atoms with Crippen LogP contribution in [0.3, 0.4) is 0 Å². The van der Waals surface area contributed by atoms with Gasteiger partial charge in [-0.05, 0) is 18.2 Å². The van der Waals surface area contributed by atoms with Gasteiger partial charge >= 0.3 is 5.76 Å². The van der Waals surface area contributed by atoms with Crippen LogP contribution in [0.4, 0.5) is 0 Å². The summed E-state index contributed by atoms with van der Waals surface area (Å²) in [4.78, 5) is 18.8. The Hall–Kier alpha value is -1.95. The molecular weight excluding hydrogens is 250 g/mol. The lowest BCUT2D eigenvalue weighted by atomic mass is 10.1. The van der Waals surface area contributed by atoms with Crippen molar-refractivity contribution in [2.45, 2.75) is 5.75 Å². The van der Waals surface area contributed by atoms with Gasteiger partial charge in [-0.25, -0.2) is 9.78 Å². The first-order valence-electron chi connectivity index (χ1n) is 5.44. The maximum absolute atomic E-state index is 11.4. The van der Waals surface area contributed by atoms with Crippen LogP contribution in [0.15, 0.2) is 33.6 Å². The van der Waals surface area contributed by atoms with Gasteiger partial charge in [0.05, 0.1) is 17.4 Å². The Bertz CT molecular complexity index is 769. The predicted molar refractivity (Wildman–Crippen MR) is 71.7 cm³/mol. The number of H-pyrrole nitrogens is 1. The number of aryl methyl sites for hydroxylation is 1. The lowest BCUT2D eigenvalue weighted by molar-refractivity contribution is 0.528. The Morgan fingerprint density at radius 2 is 2.33 bits per heavy atom. The van der Waals surface area contributed by atoms with Gasteiger partial charge in [0.1, 0.15) is 5.82 Å². The smallest absolute Gasteiger partial charge is 0.408 e. The average Bonchev–Trinajstić information content (AvgIpc) is 2.96. The summed E-state index contributed by atoms with van der Waals surface area (Å²) in [6.07, 6.45) is 1.75. The number of hydrogen-bond donors (Lipinski definition) is 2. The fraction of sp³-hybridized carbons (Fsp3) is 0.167. The van der Waals surface area contributed by atoms with E-state index in [2.05, 4.69) is 22.6 Å². The molecule has 0 amide bonds. The molecule has 1 N–H and O–H groups in total. The second-order valence-electron chi connectivity index (χ2n) is 4.01. The highest BCUT2D eigenvalue weighted by Gasteiger charge is 2.08. The molecule has 0 unspecified atom stereocenters. The van der Waals surface area contributed by atoms with Crippen LogP contribution >= 0.6 is 12.6 Å². The summed E-state index contributed by atoms with van der Waals surface area (Å²) in [6.45, 7) is 0. The molecule has 18 heavy (non-hydrogen) atoms. The molecule has 0 saturated carbocycles. The van der Waals surface area contributed by atoms with E-state index in [9.17, 15) is 4.79 Å². The number of nitrogens with zero attached hydrogens (tertiary/aromatic N) is 2. The molecule has 0 saturated heterocycles. The van der Waals surface area contributed by atoms with E-state index in [0.29, 0.717) is 11.3 Å². The fourth-order valence-corrected chi connectivity index (χ4v) is 2.04. The summed E-state index contributed by atoms with van der Waals surface area (Å²) in [6, 6.07) is 5.57. The van der Waals surface area contributed by atoms with Crippen LogP contribution in [-0.4, -0.2) is 14.5 Å². The third-order valence-electron chi connectivity index (χ3n) is 2.88. The Morgan fingerprint density at radius 1 is 1.50 bits per heavy atom. The third-order valence-corrected chi connectivity index (χ3v) is 3.18. The molecule has 2 heterocycles. The first-order chi connectivity index (χ1) is 8.69. The summed E-state index contributed by atoms with van der Waals surface area (Å²) in [5.74, 6) is 1.02. The second kappa shape index (κ2) is 4.06. The number of thiol groups is 1. The number of aromatic nitrogens is 3. The van der Waals surface area contributed by atoms with Gasteiger partial charge in [-0.2, -0.15) is 12.6 Å². The van der Waals surface area contributed by atoms with Crippen molar-refractivity contribution in [3.8, 4) is 11.3 Å². The molecule has 0 fully saturated rings. The molecular formula is C12H11N3O2S. The maximum Gasteiger partial charge on any atom is 0.419 e. The highest BCUT2D eigenvalue weighted by Crippen LogP contribution is 2.22. The lowest BCUT2D eigenvalue weighted by Gasteiger charge is -1.98. The Morgan fingerprint density at radius 3 is 3.06 bits per heavy atom. The van der Waals surface area contributed by atoms with E-state index in [4.69, 9.17) is 4.42 Å². The van der Waals surface area contributed by atoms with Crippen LogP contribution in [-0.2, 0) is 12.8 Å². The van der Waals surface area contributed by atoms with Crippen molar-refractivity contribution >= 4 is 23.7 Å². The van der Waals surface area contributed by atoms with Gasteiger partial charge in [0, 0.05) is 18.4 Å². The Kier molecular flexibility index (Phi) is 2.52. The predicted octanol–water partition coefficient (Wildman–Crippen LogP) is 1.95. The first kappa shape index (κ1) is 11.2. The van der Waals surface area contributed by atoms with E-state index in [1.807, 2.05) is 12.1 Å².